The topological polar surface area (TPSA) is 25.8 Å². The first-order valence-electron chi connectivity index (χ1n) is 19.7. The second-order valence-electron chi connectivity index (χ2n) is 15.2. The van der Waals surface area contributed by atoms with Gasteiger partial charge in [0.05, 0.1) is 11.2 Å². The fraction of sp³-hybridized carbons (Fsp3) is 0. The minimum absolute atomic E-state index is 0.729. The molecule has 1 aliphatic heterocycles. The molecule has 0 saturated heterocycles. The van der Waals surface area contributed by atoms with Crippen LogP contribution in [0.5, 0.6) is 0 Å². The Morgan fingerprint density at radius 2 is 0.912 bits per heavy atom. The van der Waals surface area contributed by atoms with Gasteiger partial charge in [-0.25, -0.2) is 9.97 Å². The Labute approximate surface area is 331 Å². The molecular formula is C54H34N2Si. The van der Waals surface area contributed by atoms with Gasteiger partial charge in [-0.2, -0.15) is 0 Å². The predicted octanol–water partition coefficient (Wildman–Crippen LogP) is 10.9. The zero-order chi connectivity index (χ0) is 37.5. The van der Waals surface area contributed by atoms with Crippen LogP contribution < -0.4 is 20.7 Å². The normalized spacial score (nSPS) is 13.1. The summed E-state index contributed by atoms with van der Waals surface area (Å²) in [5, 5.41) is 16.7. The van der Waals surface area contributed by atoms with Crippen LogP contribution in [0.2, 0.25) is 0 Å². The molecule has 2 heterocycles. The molecule has 10 aromatic carbocycles. The molecule has 0 fully saturated rings. The molecule has 0 radical (unpaired) electrons. The van der Waals surface area contributed by atoms with Crippen molar-refractivity contribution < 1.29 is 0 Å². The zero-order valence-electron chi connectivity index (χ0n) is 31.0. The fourth-order valence-corrected chi connectivity index (χ4v) is 15.1. The monoisotopic (exact) mass is 738 g/mol. The van der Waals surface area contributed by atoms with Crippen LogP contribution in [-0.2, 0) is 0 Å². The van der Waals surface area contributed by atoms with Gasteiger partial charge in [0.2, 0.25) is 0 Å². The number of aromatic nitrogens is 2. The maximum atomic E-state index is 5.38. The summed E-state index contributed by atoms with van der Waals surface area (Å²) in [5.74, 6) is 0.729. The lowest BCUT2D eigenvalue weighted by atomic mass is 9.91. The maximum Gasteiger partial charge on any atom is 0.180 e. The molecule has 0 unspecified atom stereocenters. The van der Waals surface area contributed by atoms with Crippen LogP contribution >= 0.6 is 0 Å². The van der Waals surface area contributed by atoms with Crippen LogP contribution in [0.3, 0.4) is 0 Å². The SMILES string of the molecule is c1ccc(-c2nc(-c3ccc4c(c3)c3ccccc3c3cc5c(cc43)-c3ccccc3[Si]5(c3ccccc3)c3ccccc3)nc3ccc4ccccc4c23)cc1. The molecule has 0 atom stereocenters. The predicted molar refractivity (Wildman–Crippen MR) is 243 cm³/mol. The number of nitrogens with zero attached hydrogens (tertiary/aromatic N) is 2. The van der Waals surface area contributed by atoms with E-state index in [1.54, 1.807) is 0 Å². The Morgan fingerprint density at radius 1 is 0.333 bits per heavy atom. The Hall–Kier alpha value is -7.20. The average molecular weight is 739 g/mol. The van der Waals surface area contributed by atoms with Gasteiger partial charge in [0.25, 0.3) is 0 Å². The van der Waals surface area contributed by atoms with E-state index in [1.165, 1.54) is 69.6 Å². The molecule has 1 aromatic heterocycles. The molecule has 0 saturated carbocycles. The summed E-state index contributed by atoms with van der Waals surface area (Å²) >= 11 is 0. The lowest BCUT2D eigenvalue weighted by molar-refractivity contribution is 1.23. The highest BCUT2D eigenvalue weighted by Gasteiger charge is 2.48. The first-order chi connectivity index (χ1) is 28.3. The summed E-state index contributed by atoms with van der Waals surface area (Å²) < 4.78 is 0. The molecule has 1 aliphatic rings. The molecule has 0 aliphatic carbocycles. The summed E-state index contributed by atoms with van der Waals surface area (Å²) in [6.07, 6.45) is 0. The van der Waals surface area contributed by atoms with E-state index in [9.17, 15) is 0 Å². The number of rotatable bonds is 4. The first-order valence-corrected chi connectivity index (χ1v) is 21.7. The molecule has 2 nitrogen and oxygen atoms in total. The van der Waals surface area contributed by atoms with Crippen molar-refractivity contribution in [1.82, 2.24) is 9.97 Å². The quantitative estimate of drug-likeness (QED) is 0.133. The third-order valence-corrected chi connectivity index (χ3v) is 17.2. The Morgan fingerprint density at radius 3 is 1.65 bits per heavy atom. The van der Waals surface area contributed by atoms with Gasteiger partial charge in [0.1, 0.15) is 0 Å². The molecule has 0 spiro atoms. The maximum absolute atomic E-state index is 5.38. The van der Waals surface area contributed by atoms with Crippen molar-refractivity contribution in [3.8, 4) is 33.8 Å². The lowest BCUT2D eigenvalue weighted by Gasteiger charge is -2.31. The average Bonchev–Trinajstić information content (AvgIpc) is 3.59. The van der Waals surface area contributed by atoms with Crippen molar-refractivity contribution >= 4 is 82.8 Å². The minimum Gasteiger partial charge on any atom is -0.228 e. The Balaban J connectivity index is 1.14. The molecule has 0 bridgehead atoms. The number of hydrogen-bond acceptors (Lipinski definition) is 2. The van der Waals surface area contributed by atoms with Crippen molar-refractivity contribution in [2.75, 3.05) is 0 Å². The van der Waals surface area contributed by atoms with Crippen molar-refractivity contribution in [3.63, 3.8) is 0 Å². The van der Waals surface area contributed by atoms with Gasteiger partial charge in [0, 0.05) is 16.5 Å². The van der Waals surface area contributed by atoms with Crippen molar-refractivity contribution in [2.24, 2.45) is 0 Å². The van der Waals surface area contributed by atoms with E-state index in [2.05, 4.69) is 206 Å². The highest BCUT2D eigenvalue weighted by Crippen LogP contribution is 2.41. The van der Waals surface area contributed by atoms with Crippen LogP contribution in [-0.4, -0.2) is 18.0 Å². The standard InChI is InChI=1S/C54H34N2Si/c1-4-17-36(18-5-1)53-52-40-23-11-10-16-35(40)29-31-49(52)55-54(56-53)37-28-30-43-45(32-37)41-24-12-13-25-42(41)47-34-51-48(33-46(43)47)44-26-14-15-27-50(44)57(51,38-19-6-2-7-20-38)39-21-8-3-9-22-39/h1-34H. The molecule has 264 valence electrons. The molecule has 3 heteroatoms. The first kappa shape index (κ1) is 32.1. The molecule has 0 N–H and O–H groups in total. The van der Waals surface area contributed by atoms with E-state index in [0.29, 0.717) is 0 Å². The summed E-state index contributed by atoms with van der Waals surface area (Å²) in [4.78, 5) is 10.7. The van der Waals surface area contributed by atoms with Crippen LogP contribution in [0.1, 0.15) is 0 Å². The third kappa shape index (κ3) is 4.64. The van der Waals surface area contributed by atoms with Gasteiger partial charge >= 0.3 is 0 Å². The van der Waals surface area contributed by atoms with Gasteiger partial charge in [-0.05, 0) is 93.2 Å². The van der Waals surface area contributed by atoms with Crippen LogP contribution in [0.4, 0.5) is 0 Å². The van der Waals surface area contributed by atoms with Gasteiger partial charge in [0.15, 0.2) is 13.9 Å². The number of fused-ring (bicyclic) bond motifs is 12. The van der Waals surface area contributed by atoms with Crippen LogP contribution in [0.15, 0.2) is 206 Å². The van der Waals surface area contributed by atoms with Crippen molar-refractivity contribution in [3.05, 3.63) is 206 Å². The van der Waals surface area contributed by atoms with Crippen molar-refractivity contribution in [2.45, 2.75) is 0 Å². The van der Waals surface area contributed by atoms with Crippen LogP contribution in [0.25, 0.3) is 87.8 Å². The molecule has 57 heavy (non-hydrogen) atoms. The molecule has 0 amide bonds. The second kappa shape index (κ2) is 12.4. The highest BCUT2D eigenvalue weighted by molar-refractivity contribution is 7.22. The van der Waals surface area contributed by atoms with Gasteiger partial charge in [-0.1, -0.05) is 188 Å². The van der Waals surface area contributed by atoms with E-state index in [4.69, 9.17) is 9.97 Å². The van der Waals surface area contributed by atoms with E-state index in [0.717, 1.165) is 38.9 Å². The summed E-state index contributed by atoms with van der Waals surface area (Å²) in [6.45, 7) is 0. The van der Waals surface area contributed by atoms with Gasteiger partial charge < -0.3 is 0 Å². The number of benzene rings is 10. The highest BCUT2D eigenvalue weighted by atomic mass is 28.3. The summed E-state index contributed by atoms with van der Waals surface area (Å²) in [6, 6.07) is 75.9. The van der Waals surface area contributed by atoms with E-state index in [1.807, 2.05) is 0 Å². The molecule has 11 aromatic rings. The summed E-state index contributed by atoms with van der Waals surface area (Å²) in [7, 11) is -2.64. The zero-order valence-corrected chi connectivity index (χ0v) is 32.0. The number of hydrogen-bond donors (Lipinski definition) is 0. The lowest BCUT2D eigenvalue weighted by Crippen LogP contribution is -2.72. The van der Waals surface area contributed by atoms with Crippen LogP contribution in [0, 0.1) is 0 Å². The minimum atomic E-state index is -2.64. The molecule has 12 rings (SSSR count). The Bertz CT molecular complexity index is 3360. The van der Waals surface area contributed by atoms with E-state index < -0.39 is 8.07 Å². The van der Waals surface area contributed by atoms with Gasteiger partial charge in [-0.15, -0.1) is 0 Å². The largest absolute Gasteiger partial charge is 0.228 e. The van der Waals surface area contributed by atoms with E-state index >= 15 is 0 Å². The fourth-order valence-electron chi connectivity index (χ4n) is 9.86. The van der Waals surface area contributed by atoms with Gasteiger partial charge in [-0.3, -0.25) is 0 Å². The smallest absolute Gasteiger partial charge is 0.180 e. The Kier molecular flexibility index (Phi) is 6.98. The summed E-state index contributed by atoms with van der Waals surface area (Å²) in [5.41, 5.74) is 6.67. The second-order valence-corrected chi connectivity index (χ2v) is 19.0. The van der Waals surface area contributed by atoms with Crippen molar-refractivity contribution in [1.29, 1.82) is 0 Å². The molecular weight excluding hydrogens is 705 g/mol. The third-order valence-electron chi connectivity index (χ3n) is 12.3. The van der Waals surface area contributed by atoms with E-state index in [-0.39, 0.29) is 0 Å².